The SMILES string of the molecule is CCC(C)(O)Cn1cc(-c2cc(C)cc(Nc3nccc(C(F)F)n3)c2)cn1. The van der Waals surface area contributed by atoms with E-state index < -0.39 is 12.0 Å². The maximum Gasteiger partial charge on any atom is 0.280 e. The summed E-state index contributed by atoms with van der Waals surface area (Å²) in [7, 11) is 0. The number of aryl methyl sites for hydroxylation is 1. The number of anilines is 2. The lowest BCUT2D eigenvalue weighted by molar-refractivity contribution is 0.0345. The van der Waals surface area contributed by atoms with Crippen LogP contribution in [0.25, 0.3) is 11.1 Å². The molecule has 1 atom stereocenters. The molecular weight excluding hydrogens is 364 g/mol. The molecule has 2 N–H and O–H groups in total. The van der Waals surface area contributed by atoms with Crippen LogP contribution in [0.1, 0.15) is 38.0 Å². The Hall–Kier alpha value is -2.87. The molecule has 0 saturated carbocycles. The lowest BCUT2D eigenvalue weighted by Crippen LogP contribution is -2.29. The number of hydrogen-bond donors (Lipinski definition) is 2. The van der Waals surface area contributed by atoms with Gasteiger partial charge in [-0.2, -0.15) is 5.10 Å². The van der Waals surface area contributed by atoms with Crippen molar-refractivity contribution < 1.29 is 13.9 Å². The van der Waals surface area contributed by atoms with Gasteiger partial charge in [0, 0.05) is 23.6 Å². The molecule has 6 nitrogen and oxygen atoms in total. The van der Waals surface area contributed by atoms with Crippen molar-refractivity contribution in [3.63, 3.8) is 0 Å². The molecule has 1 unspecified atom stereocenters. The summed E-state index contributed by atoms with van der Waals surface area (Å²) >= 11 is 0. The van der Waals surface area contributed by atoms with Crippen molar-refractivity contribution in [1.29, 1.82) is 0 Å². The first-order chi connectivity index (χ1) is 13.3. The zero-order valence-electron chi connectivity index (χ0n) is 16.0. The predicted octanol–water partition coefficient (Wildman–Crippen LogP) is 4.49. The third-order valence-electron chi connectivity index (χ3n) is 4.47. The van der Waals surface area contributed by atoms with E-state index in [4.69, 9.17) is 0 Å². The van der Waals surface area contributed by atoms with Gasteiger partial charge in [-0.15, -0.1) is 0 Å². The molecule has 0 fully saturated rings. The number of hydrogen-bond acceptors (Lipinski definition) is 5. The number of aliphatic hydroxyl groups is 1. The summed E-state index contributed by atoms with van der Waals surface area (Å²) in [5.74, 6) is 0.115. The van der Waals surface area contributed by atoms with E-state index in [2.05, 4.69) is 20.4 Å². The molecule has 0 aliphatic carbocycles. The fourth-order valence-corrected chi connectivity index (χ4v) is 2.77. The highest BCUT2D eigenvalue weighted by Crippen LogP contribution is 2.27. The van der Waals surface area contributed by atoms with E-state index in [1.807, 2.05) is 38.2 Å². The Kier molecular flexibility index (Phi) is 5.69. The third-order valence-corrected chi connectivity index (χ3v) is 4.47. The minimum Gasteiger partial charge on any atom is -0.388 e. The molecule has 0 bridgehead atoms. The molecule has 1 aromatic carbocycles. The standard InChI is InChI=1S/C20H23F2N5O/c1-4-20(3,28)12-27-11-15(10-24-27)14-7-13(2)8-16(9-14)25-19-23-6-5-17(26-19)18(21)22/h5-11,18,28H,4,12H2,1-3H3,(H,23,25,26). The molecule has 8 heteroatoms. The Bertz CT molecular complexity index is 955. The topological polar surface area (TPSA) is 75.9 Å². The first-order valence-corrected chi connectivity index (χ1v) is 9.01. The summed E-state index contributed by atoms with van der Waals surface area (Å²) in [6, 6.07) is 6.96. The zero-order chi connectivity index (χ0) is 20.3. The molecule has 28 heavy (non-hydrogen) atoms. The van der Waals surface area contributed by atoms with Crippen LogP contribution in [-0.4, -0.2) is 30.5 Å². The molecule has 2 aromatic heterocycles. The normalized spacial score (nSPS) is 13.5. The Labute approximate surface area is 162 Å². The van der Waals surface area contributed by atoms with E-state index in [-0.39, 0.29) is 11.6 Å². The second-order valence-electron chi connectivity index (χ2n) is 7.10. The van der Waals surface area contributed by atoms with Crippen molar-refractivity contribution in [3.8, 4) is 11.1 Å². The highest BCUT2D eigenvalue weighted by molar-refractivity contribution is 5.70. The van der Waals surface area contributed by atoms with Crippen LogP contribution < -0.4 is 5.32 Å². The first kappa shape index (κ1) is 19.9. The highest BCUT2D eigenvalue weighted by Gasteiger charge is 2.19. The van der Waals surface area contributed by atoms with Crippen LogP contribution in [-0.2, 0) is 6.54 Å². The molecular formula is C20H23F2N5O. The summed E-state index contributed by atoms with van der Waals surface area (Å²) in [6.45, 7) is 6.04. The molecule has 0 saturated heterocycles. The second kappa shape index (κ2) is 8.02. The summed E-state index contributed by atoms with van der Waals surface area (Å²) < 4.78 is 27.4. The number of benzene rings is 1. The largest absolute Gasteiger partial charge is 0.388 e. The van der Waals surface area contributed by atoms with Crippen molar-refractivity contribution in [1.82, 2.24) is 19.7 Å². The summed E-state index contributed by atoms with van der Waals surface area (Å²) in [5, 5.41) is 17.5. The van der Waals surface area contributed by atoms with Crippen LogP contribution in [0.3, 0.4) is 0 Å². The molecule has 3 aromatic rings. The van der Waals surface area contributed by atoms with Gasteiger partial charge in [0.15, 0.2) is 0 Å². The Balaban J connectivity index is 1.84. The highest BCUT2D eigenvalue weighted by atomic mass is 19.3. The Morgan fingerprint density at radius 2 is 2.04 bits per heavy atom. The smallest absolute Gasteiger partial charge is 0.280 e. The van der Waals surface area contributed by atoms with Gasteiger partial charge in [0.05, 0.1) is 18.3 Å². The van der Waals surface area contributed by atoms with Crippen molar-refractivity contribution in [3.05, 3.63) is 54.1 Å². The molecule has 0 aliphatic rings. The van der Waals surface area contributed by atoms with Crippen LogP contribution in [0.4, 0.5) is 20.4 Å². The van der Waals surface area contributed by atoms with Crippen molar-refractivity contribution in [2.45, 2.75) is 45.8 Å². The Morgan fingerprint density at radius 1 is 1.25 bits per heavy atom. The second-order valence-corrected chi connectivity index (χ2v) is 7.10. The van der Waals surface area contributed by atoms with Crippen LogP contribution in [0.5, 0.6) is 0 Å². The van der Waals surface area contributed by atoms with Gasteiger partial charge < -0.3 is 10.4 Å². The zero-order valence-corrected chi connectivity index (χ0v) is 16.0. The quantitative estimate of drug-likeness (QED) is 0.625. The van der Waals surface area contributed by atoms with Crippen LogP contribution in [0.15, 0.2) is 42.9 Å². The van der Waals surface area contributed by atoms with Gasteiger partial charge in [-0.05, 0) is 49.6 Å². The average molecular weight is 387 g/mol. The lowest BCUT2D eigenvalue weighted by Gasteiger charge is -2.20. The number of rotatable bonds is 7. The monoisotopic (exact) mass is 387 g/mol. The summed E-state index contributed by atoms with van der Waals surface area (Å²) in [5.41, 5.74) is 2.33. The van der Waals surface area contributed by atoms with Crippen molar-refractivity contribution >= 4 is 11.6 Å². The molecule has 2 heterocycles. The van der Waals surface area contributed by atoms with Gasteiger partial charge in [-0.3, -0.25) is 4.68 Å². The minimum atomic E-state index is -2.65. The van der Waals surface area contributed by atoms with Crippen molar-refractivity contribution in [2.24, 2.45) is 0 Å². The fraction of sp³-hybridized carbons (Fsp3) is 0.350. The van der Waals surface area contributed by atoms with Crippen LogP contribution in [0.2, 0.25) is 0 Å². The number of halogens is 2. The first-order valence-electron chi connectivity index (χ1n) is 9.01. The van der Waals surface area contributed by atoms with E-state index in [9.17, 15) is 13.9 Å². The minimum absolute atomic E-state index is 0.115. The van der Waals surface area contributed by atoms with E-state index >= 15 is 0 Å². The van der Waals surface area contributed by atoms with Gasteiger partial charge in [-0.25, -0.2) is 18.7 Å². The maximum absolute atomic E-state index is 12.8. The van der Waals surface area contributed by atoms with Crippen LogP contribution >= 0.6 is 0 Å². The summed E-state index contributed by atoms with van der Waals surface area (Å²) in [4.78, 5) is 7.84. The maximum atomic E-state index is 12.8. The molecule has 3 rings (SSSR count). The number of aromatic nitrogens is 4. The average Bonchev–Trinajstić information content (AvgIpc) is 3.09. The van der Waals surface area contributed by atoms with Gasteiger partial charge in [0.1, 0.15) is 5.69 Å². The molecule has 0 spiro atoms. The van der Waals surface area contributed by atoms with E-state index in [1.165, 1.54) is 12.3 Å². The molecule has 0 aliphatic heterocycles. The number of nitrogens with one attached hydrogen (secondary N) is 1. The fourth-order valence-electron chi connectivity index (χ4n) is 2.77. The van der Waals surface area contributed by atoms with Gasteiger partial charge in [-0.1, -0.05) is 13.0 Å². The van der Waals surface area contributed by atoms with Gasteiger partial charge >= 0.3 is 0 Å². The predicted molar refractivity (Wildman–Crippen MR) is 104 cm³/mol. The Morgan fingerprint density at radius 3 is 2.75 bits per heavy atom. The van der Waals surface area contributed by atoms with Gasteiger partial charge in [0.25, 0.3) is 6.43 Å². The third kappa shape index (κ3) is 4.89. The van der Waals surface area contributed by atoms with E-state index in [0.29, 0.717) is 18.7 Å². The summed E-state index contributed by atoms with van der Waals surface area (Å²) in [6.07, 6.45) is 2.88. The van der Waals surface area contributed by atoms with Crippen LogP contribution in [0, 0.1) is 6.92 Å². The van der Waals surface area contributed by atoms with E-state index in [1.54, 1.807) is 17.8 Å². The van der Waals surface area contributed by atoms with Gasteiger partial charge in [0.2, 0.25) is 5.95 Å². The number of nitrogens with zero attached hydrogens (tertiary/aromatic N) is 4. The van der Waals surface area contributed by atoms with E-state index in [0.717, 1.165) is 16.7 Å². The molecule has 0 amide bonds. The molecule has 0 radical (unpaired) electrons. The number of alkyl halides is 2. The van der Waals surface area contributed by atoms with Crippen molar-refractivity contribution in [2.75, 3.05) is 5.32 Å². The lowest BCUT2D eigenvalue weighted by atomic mass is 10.0. The molecule has 148 valence electrons.